The van der Waals surface area contributed by atoms with Gasteiger partial charge in [0.05, 0.1) is 16.9 Å². The van der Waals surface area contributed by atoms with E-state index in [0.717, 1.165) is 23.5 Å². The fourth-order valence-corrected chi connectivity index (χ4v) is 3.43. The monoisotopic (exact) mass is 370 g/mol. The summed E-state index contributed by atoms with van der Waals surface area (Å²) in [6, 6.07) is 6.63. The fraction of sp³-hybridized carbons (Fsp3) is 0.278. The SMILES string of the molecule is C=CCC/C(C)=N/N=C1\SCC(=O)N1CN1C(=O)c2ccccc2C1=O. The Morgan fingerprint density at radius 2 is 1.85 bits per heavy atom. The van der Waals surface area contributed by atoms with Crippen LogP contribution < -0.4 is 0 Å². The molecule has 0 atom stereocenters. The molecule has 0 aliphatic carbocycles. The van der Waals surface area contributed by atoms with Gasteiger partial charge in [-0.1, -0.05) is 30.0 Å². The summed E-state index contributed by atoms with van der Waals surface area (Å²) >= 11 is 1.24. The first-order valence-corrected chi connectivity index (χ1v) is 9.12. The highest BCUT2D eigenvalue weighted by Gasteiger charge is 2.39. The van der Waals surface area contributed by atoms with Gasteiger partial charge in [0.1, 0.15) is 6.67 Å². The molecule has 0 unspecified atom stereocenters. The van der Waals surface area contributed by atoms with Gasteiger partial charge < -0.3 is 0 Å². The molecular formula is C18H18N4O3S. The van der Waals surface area contributed by atoms with Crippen LogP contribution in [0.25, 0.3) is 0 Å². The van der Waals surface area contributed by atoms with Crippen molar-refractivity contribution in [2.75, 3.05) is 12.4 Å². The Hall–Kier alpha value is -2.74. The maximum atomic E-state index is 12.5. The second-order valence-electron chi connectivity index (χ2n) is 5.88. The average Bonchev–Trinajstić information content (AvgIpc) is 3.11. The standard InChI is InChI=1S/C18H18N4O3S/c1-3-4-7-12(2)19-20-18-21(15(23)10-26-18)11-22-16(24)13-8-5-6-9-14(13)17(22)25/h3,5-6,8-9H,1,4,7,10-11H2,2H3/b19-12+,20-18-. The van der Waals surface area contributed by atoms with Crippen LogP contribution in [0.4, 0.5) is 0 Å². The zero-order valence-electron chi connectivity index (χ0n) is 14.3. The molecule has 2 heterocycles. The summed E-state index contributed by atoms with van der Waals surface area (Å²) in [6.07, 6.45) is 3.33. The topological polar surface area (TPSA) is 82.4 Å². The van der Waals surface area contributed by atoms with Crippen molar-refractivity contribution in [2.24, 2.45) is 10.2 Å². The van der Waals surface area contributed by atoms with Gasteiger partial charge in [0, 0.05) is 5.71 Å². The molecule has 0 radical (unpaired) electrons. The van der Waals surface area contributed by atoms with Crippen molar-refractivity contribution in [3.05, 3.63) is 48.0 Å². The molecule has 7 nitrogen and oxygen atoms in total. The first-order valence-electron chi connectivity index (χ1n) is 8.13. The number of hydrogen-bond donors (Lipinski definition) is 0. The average molecular weight is 370 g/mol. The Bertz CT molecular complexity index is 812. The maximum Gasteiger partial charge on any atom is 0.263 e. The first kappa shape index (κ1) is 18.1. The molecule has 1 fully saturated rings. The molecule has 0 spiro atoms. The molecule has 0 saturated carbocycles. The quantitative estimate of drug-likeness (QED) is 0.333. The van der Waals surface area contributed by atoms with Crippen molar-refractivity contribution in [1.82, 2.24) is 9.80 Å². The van der Waals surface area contributed by atoms with E-state index in [1.165, 1.54) is 16.7 Å². The highest BCUT2D eigenvalue weighted by atomic mass is 32.2. The van der Waals surface area contributed by atoms with E-state index in [1.807, 2.05) is 6.92 Å². The number of thioether (sulfide) groups is 1. The van der Waals surface area contributed by atoms with Crippen molar-refractivity contribution in [1.29, 1.82) is 0 Å². The third-order valence-electron chi connectivity index (χ3n) is 4.03. The number of benzene rings is 1. The Labute approximate surface area is 155 Å². The number of carbonyl (C=O) groups is 3. The summed E-state index contributed by atoms with van der Waals surface area (Å²) in [6.45, 7) is 5.36. The van der Waals surface area contributed by atoms with Crippen LogP contribution in [0.5, 0.6) is 0 Å². The summed E-state index contributed by atoms with van der Waals surface area (Å²) in [4.78, 5) is 39.5. The molecule has 8 heteroatoms. The Balaban J connectivity index is 1.78. The predicted molar refractivity (Wildman–Crippen MR) is 101 cm³/mol. The van der Waals surface area contributed by atoms with E-state index in [0.29, 0.717) is 16.3 Å². The van der Waals surface area contributed by atoms with Crippen molar-refractivity contribution in [3.63, 3.8) is 0 Å². The minimum Gasteiger partial charge on any atom is -0.273 e. The van der Waals surface area contributed by atoms with E-state index in [9.17, 15) is 14.4 Å². The molecular weight excluding hydrogens is 352 g/mol. The number of fused-ring (bicyclic) bond motifs is 1. The van der Waals surface area contributed by atoms with Crippen LogP contribution in [0.3, 0.4) is 0 Å². The molecule has 0 bridgehead atoms. The fourth-order valence-electron chi connectivity index (χ4n) is 2.61. The van der Waals surface area contributed by atoms with E-state index < -0.39 is 11.8 Å². The molecule has 26 heavy (non-hydrogen) atoms. The number of allylic oxidation sites excluding steroid dienone is 1. The minimum absolute atomic E-state index is 0.155. The summed E-state index contributed by atoms with van der Waals surface area (Å²) in [5.74, 6) is -0.798. The van der Waals surface area contributed by atoms with Gasteiger partial charge in [-0.2, -0.15) is 5.10 Å². The van der Waals surface area contributed by atoms with Gasteiger partial charge in [-0.15, -0.1) is 11.7 Å². The number of rotatable bonds is 6. The van der Waals surface area contributed by atoms with Crippen LogP contribution in [0.2, 0.25) is 0 Å². The van der Waals surface area contributed by atoms with Crippen LogP contribution in [-0.2, 0) is 4.79 Å². The van der Waals surface area contributed by atoms with Crippen LogP contribution in [0.15, 0.2) is 47.1 Å². The second kappa shape index (κ2) is 7.65. The number of amides is 3. The summed E-state index contributed by atoms with van der Waals surface area (Å²) in [5.41, 5.74) is 1.53. The lowest BCUT2D eigenvalue weighted by Gasteiger charge is -2.21. The zero-order valence-corrected chi connectivity index (χ0v) is 15.2. The van der Waals surface area contributed by atoms with E-state index in [-0.39, 0.29) is 18.3 Å². The molecule has 1 aromatic carbocycles. The van der Waals surface area contributed by atoms with Gasteiger partial charge in [0.25, 0.3) is 11.8 Å². The highest BCUT2D eigenvalue weighted by molar-refractivity contribution is 8.15. The van der Waals surface area contributed by atoms with Gasteiger partial charge in [-0.05, 0) is 31.9 Å². The Morgan fingerprint density at radius 3 is 2.46 bits per heavy atom. The number of nitrogens with zero attached hydrogens (tertiary/aromatic N) is 4. The largest absolute Gasteiger partial charge is 0.273 e. The first-order chi connectivity index (χ1) is 12.5. The minimum atomic E-state index is -0.402. The molecule has 2 aliphatic heterocycles. The van der Waals surface area contributed by atoms with E-state index >= 15 is 0 Å². The predicted octanol–water partition coefficient (Wildman–Crippen LogP) is 2.51. The molecule has 0 aromatic heterocycles. The lowest BCUT2D eigenvalue weighted by atomic mass is 10.1. The third-order valence-corrected chi connectivity index (χ3v) is 4.99. The lowest BCUT2D eigenvalue weighted by Crippen LogP contribution is -2.43. The van der Waals surface area contributed by atoms with Gasteiger partial charge >= 0.3 is 0 Å². The molecule has 2 aliphatic rings. The van der Waals surface area contributed by atoms with Crippen molar-refractivity contribution < 1.29 is 14.4 Å². The Kier molecular flexibility index (Phi) is 5.32. The second-order valence-corrected chi connectivity index (χ2v) is 6.82. The van der Waals surface area contributed by atoms with E-state index in [1.54, 1.807) is 30.3 Å². The summed E-state index contributed by atoms with van der Waals surface area (Å²) in [5, 5.41) is 8.67. The highest BCUT2D eigenvalue weighted by Crippen LogP contribution is 2.26. The van der Waals surface area contributed by atoms with E-state index in [4.69, 9.17) is 0 Å². The molecule has 134 valence electrons. The normalized spacial score (nSPS) is 18.9. The number of amidine groups is 1. The zero-order chi connectivity index (χ0) is 18.7. The Morgan fingerprint density at radius 1 is 1.19 bits per heavy atom. The van der Waals surface area contributed by atoms with Gasteiger partial charge in [-0.3, -0.25) is 24.2 Å². The lowest BCUT2D eigenvalue weighted by molar-refractivity contribution is -0.124. The van der Waals surface area contributed by atoms with Gasteiger partial charge in [-0.25, -0.2) is 0 Å². The summed E-state index contributed by atoms with van der Waals surface area (Å²) in [7, 11) is 0. The molecule has 1 aromatic rings. The third kappa shape index (κ3) is 3.45. The smallest absolute Gasteiger partial charge is 0.263 e. The van der Waals surface area contributed by atoms with Crippen LogP contribution in [0.1, 0.15) is 40.5 Å². The van der Waals surface area contributed by atoms with Crippen LogP contribution in [0, 0.1) is 0 Å². The van der Waals surface area contributed by atoms with Gasteiger partial charge in [0.2, 0.25) is 5.91 Å². The van der Waals surface area contributed by atoms with E-state index in [2.05, 4.69) is 16.8 Å². The van der Waals surface area contributed by atoms with Crippen molar-refractivity contribution >= 4 is 40.4 Å². The number of carbonyl (C=O) groups excluding carboxylic acids is 3. The van der Waals surface area contributed by atoms with Crippen LogP contribution in [-0.4, -0.2) is 50.8 Å². The van der Waals surface area contributed by atoms with Crippen molar-refractivity contribution in [3.8, 4) is 0 Å². The molecule has 3 rings (SSSR count). The molecule has 0 N–H and O–H groups in total. The maximum absolute atomic E-state index is 12.5. The molecule has 1 saturated heterocycles. The van der Waals surface area contributed by atoms with Crippen LogP contribution >= 0.6 is 11.8 Å². The number of hydrogen-bond acceptors (Lipinski definition) is 6. The summed E-state index contributed by atoms with van der Waals surface area (Å²) < 4.78 is 0. The number of imide groups is 1. The van der Waals surface area contributed by atoms with Crippen molar-refractivity contribution in [2.45, 2.75) is 19.8 Å². The molecule has 3 amide bonds. The van der Waals surface area contributed by atoms with Gasteiger partial charge in [0.15, 0.2) is 5.17 Å².